The molecule has 0 bridgehead atoms. The fourth-order valence-electron chi connectivity index (χ4n) is 3.44. The van der Waals surface area contributed by atoms with E-state index in [1.165, 1.54) is 38.5 Å². The highest BCUT2D eigenvalue weighted by Crippen LogP contribution is 2.32. The lowest BCUT2D eigenvalue weighted by Gasteiger charge is -2.22. The molecule has 0 heterocycles. The molecule has 0 fully saturated rings. The highest BCUT2D eigenvalue weighted by molar-refractivity contribution is 7.89. The number of anilines is 1. The third-order valence-electron chi connectivity index (χ3n) is 5.28. The number of hydrogen-bond donors (Lipinski definition) is 1. The summed E-state index contributed by atoms with van der Waals surface area (Å²) < 4.78 is 77.4. The summed E-state index contributed by atoms with van der Waals surface area (Å²) in [5.74, 6) is -0.268. The summed E-state index contributed by atoms with van der Waals surface area (Å²) in [4.78, 5) is 12.6. The molecule has 0 aliphatic heterocycles. The minimum Gasteiger partial charge on any atom is -0.493 e. The minimum atomic E-state index is -4.58. The summed E-state index contributed by atoms with van der Waals surface area (Å²) in [6, 6.07) is 17.3. The Balaban J connectivity index is 1.87. The molecule has 0 aliphatic carbocycles. The van der Waals surface area contributed by atoms with Gasteiger partial charge < -0.3 is 14.8 Å². The molecule has 192 valence electrons. The number of benzene rings is 3. The first-order chi connectivity index (χ1) is 17.0. The molecule has 1 amide bonds. The molecule has 0 aromatic heterocycles. The number of nitrogens with one attached hydrogen (secondary N) is 1. The highest BCUT2D eigenvalue weighted by Gasteiger charge is 2.31. The zero-order valence-corrected chi connectivity index (χ0v) is 20.4. The number of carbonyl (C=O) groups is 1. The van der Waals surface area contributed by atoms with E-state index in [4.69, 9.17) is 9.47 Å². The van der Waals surface area contributed by atoms with Crippen LogP contribution in [0.4, 0.5) is 18.9 Å². The number of methoxy groups -OCH3 is 2. The van der Waals surface area contributed by atoms with Gasteiger partial charge in [0.25, 0.3) is 0 Å². The summed E-state index contributed by atoms with van der Waals surface area (Å²) in [6.45, 7) is -0.656. The molecule has 0 radical (unpaired) electrons. The Morgan fingerprint density at radius 2 is 1.61 bits per heavy atom. The van der Waals surface area contributed by atoms with Crippen molar-refractivity contribution >= 4 is 21.6 Å². The van der Waals surface area contributed by atoms with Crippen molar-refractivity contribution in [1.29, 1.82) is 0 Å². The van der Waals surface area contributed by atoms with Crippen molar-refractivity contribution in [2.24, 2.45) is 0 Å². The second kappa shape index (κ2) is 11.4. The monoisotopic (exact) mass is 522 g/mol. The first-order valence-corrected chi connectivity index (χ1v) is 12.2. The highest BCUT2D eigenvalue weighted by atomic mass is 32.2. The van der Waals surface area contributed by atoms with Gasteiger partial charge in [0.1, 0.15) is 0 Å². The lowest BCUT2D eigenvalue weighted by atomic mass is 10.1. The van der Waals surface area contributed by atoms with Crippen LogP contribution in [0.15, 0.2) is 77.7 Å². The van der Waals surface area contributed by atoms with Crippen LogP contribution in [0.3, 0.4) is 0 Å². The zero-order chi connectivity index (χ0) is 26.3. The topological polar surface area (TPSA) is 84.9 Å². The molecule has 0 saturated heterocycles. The average Bonchev–Trinajstić information content (AvgIpc) is 2.86. The number of amides is 1. The second-order valence-corrected chi connectivity index (χ2v) is 9.66. The third kappa shape index (κ3) is 6.76. The van der Waals surface area contributed by atoms with Gasteiger partial charge in [-0.15, -0.1) is 0 Å². The predicted molar refractivity (Wildman–Crippen MR) is 129 cm³/mol. The Kier molecular flexibility index (Phi) is 8.59. The van der Waals surface area contributed by atoms with E-state index in [2.05, 4.69) is 5.32 Å². The smallest absolute Gasteiger partial charge is 0.416 e. The number of rotatable bonds is 10. The van der Waals surface area contributed by atoms with Gasteiger partial charge in [0, 0.05) is 18.3 Å². The van der Waals surface area contributed by atoms with Crippen molar-refractivity contribution in [2.75, 3.05) is 32.6 Å². The number of hydrogen-bond acceptors (Lipinski definition) is 5. The van der Waals surface area contributed by atoms with Crippen molar-refractivity contribution in [3.05, 3.63) is 83.9 Å². The summed E-state index contributed by atoms with van der Waals surface area (Å²) in [5, 5.41) is 2.36. The summed E-state index contributed by atoms with van der Waals surface area (Å²) >= 11 is 0. The summed E-state index contributed by atoms with van der Waals surface area (Å²) in [6.07, 6.45) is -4.27. The van der Waals surface area contributed by atoms with Crippen molar-refractivity contribution in [1.82, 2.24) is 4.31 Å². The standard InChI is InChI=1S/C25H25F3N2O5S/c1-34-22-12-11-21(16-23(22)35-2)36(32,33)30(14-13-18-7-4-3-5-8-18)17-24(31)29-20-10-6-9-19(15-20)25(26,27)28/h3-12,15-16H,13-14,17H2,1-2H3,(H,29,31). The minimum absolute atomic E-state index is 0.0449. The van der Waals surface area contributed by atoms with Crippen LogP contribution in [-0.2, 0) is 27.4 Å². The van der Waals surface area contributed by atoms with Gasteiger partial charge >= 0.3 is 6.18 Å². The van der Waals surface area contributed by atoms with E-state index in [1.807, 2.05) is 30.3 Å². The molecule has 0 unspecified atom stereocenters. The second-order valence-electron chi connectivity index (χ2n) is 7.72. The van der Waals surface area contributed by atoms with Gasteiger partial charge in [-0.1, -0.05) is 36.4 Å². The summed E-state index contributed by atoms with van der Waals surface area (Å²) in [5.41, 5.74) is -0.177. The van der Waals surface area contributed by atoms with Crippen molar-refractivity contribution in [3.8, 4) is 11.5 Å². The van der Waals surface area contributed by atoms with Crippen molar-refractivity contribution < 1.29 is 35.9 Å². The van der Waals surface area contributed by atoms with Crippen LogP contribution in [0.1, 0.15) is 11.1 Å². The predicted octanol–water partition coefficient (Wildman–Crippen LogP) is 4.59. The molecule has 0 aliphatic rings. The van der Waals surface area contributed by atoms with Gasteiger partial charge in [0.15, 0.2) is 11.5 Å². The number of nitrogens with zero attached hydrogens (tertiary/aromatic N) is 1. The van der Waals surface area contributed by atoms with Crippen LogP contribution < -0.4 is 14.8 Å². The molecule has 3 rings (SSSR count). The van der Waals surface area contributed by atoms with Crippen LogP contribution in [0, 0.1) is 0 Å². The maximum Gasteiger partial charge on any atom is 0.416 e. The van der Waals surface area contributed by atoms with Gasteiger partial charge in [-0.2, -0.15) is 17.5 Å². The molecule has 3 aromatic carbocycles. The largest absolute Gasteiger partial charge is 0.493 e. The number of carbonyl (C=O) groups excluding carboxylic acids is 1. The van der Waals surface area contributed by atoms with Crippen LogP contribution in [0.25, 0.3) is 0 Å². The first kappa shape index (κ1) is 27.0. The van der Waals surface area contributed by atoms with Crippen LogP contribution >= 0.6 is 0 Å². The maximum atomic E-state index is 13.5. The van der Waals surface area contributed by atoms with Gasteiger partial charge in [-0.25, -0.2) is 8.42 Å². The van der Waals surface area contributed by atoms with E-state index >= 15 is 0 Å². The Hall–Kier alpha value is -3.57. The van der Waals surface area contributed by atoms with Crippen LogP contribution in [-0.4, -0.2) is 45.9 Å². The Labute approximate surface area is 207 Å². The van der Waals surface area contributed by atoms with E-state index in [-0.39, 0.29) is 22.9 Å². The molecule has 0 spiro atoms. The normalized spacial score (nSPS) is 11.8. The Morgan fingerprint density at radius 3 is 2.25 bits per heavy atom. The molecular weight excluding hydrogens is 497 g/mol. The first-order valence-electron chi connectivity index (χ1n) is 10.8. The molecule has 7 nitrogen and oxygen atoms in total. The van der Waals surface area contributed by atoms with Gasteiger partial charge in [-0.05, 0) is 42.3 Å². The molecule has 0 saturated carbocycles. The molecule has 0 atom stereocenters. The van der Waals surface area contributed by atoms with Gasteiger partial charge in [0.05, 0.1) is 31.2 Å². The van der Waals surface area contributed by atoms with E-state index < -0.39 is 34.2 Å². The van der Waals surface area contributed by atoms with E-state index in [1.54, 1.807) is 0 Å². The maximum absolute atomic E-state index is 13.5. The fourth-order valence-corrected chi connectivity index (χ4v) is 4.86. The zero-order valence-electron chi connectivity index (χ0n) is 19.6. The number of halogens is 3. The molecule has 11 heteroatoms. The quantitative estimate of drug-likeness (QED) is 0.421. The van der Waals surface area contributed by atoms with Gasteiger partial charge in [0.2, 0.25) is 15.9 Å². The summed E-state index contributed by atoms with van der Waals surface area (Å²) in [7, 11) is -1.41. The molecule has 36 heavy (non-hydrogen) atoms. The SMILES string of the molecule is COc1ccc(S(=O)(=O)N(CCc2ccccc2)CC(=O)Nc2cccc(C(F)(F)F)c2)cc1OC. The van der Waals surface area contributed by atoms with E-state index in [0.29, 0.717) is 12.2 Å². The molecule has 1 N–H and O–H groups in total. The number of ether oxygens (including phenoxy) is 2. The lowest BCUT2D eigenvalue weighted by Crippen LogP contribution is -2.39. The molecule has 3 aromatic rings. The Bertz CT molecular complexity index is 1300. The Morgan fingerprint density at radius 1 is 0.917 bits per heavy atom. The number of sulfonamides is 1. The van der Waals surface area contributed by atoms with Gasteiger partial charge in [-0.3, -0.25) is 4.79 Å². The van der Waals surface area contributed by atoms with Crippen molar-refractivity contribution in [3.63, 3.8) is 0 Å². The van der Waals surface area contributed by atoms with E-state index in [0.717, 1.165) is 28.1 Å². The van der Waals surface area contributed by atoms with E-state index in [9.17, 15) is 26.4 Å². The fraction of sp³-hybridized carbons (Fsp3) is 0.240. The van der Waals surface area contributed by atoms with Crippen molar-refractivity contribution in [2.45, 2.75) is 17.5 Å². The lowest BCUT2D eigenvalue weighted by molar-refractivity contribution is -0.137. The average molecular weight is 523 g/mol. The van der Waals surface area contributed by atoms with Crippen LogP contribution in [0.2, 0.25) is 0 Å². The van der Waals surface area contributed by atoms with Crippen LogP contribution in [0.5, 0.6) is 11.5 Å². The number of alkyl halides is 3. The molecular formula is C25H25F3N2O5S. The third-order valence-corrected chi connectivity index (χ3v) is 7.12.